The molecule has 2 N–H and O–H groups in total. The molecular formula is C21H36N4O2S. The third-order valence-corrected chi connectivity index (χ3v) is 5.99. The molecule has 1 saturated heterocycles. The number of nitrogens with one attached hydrogen (secondary N) is 2. The van der Waals surface area contributed by atoms with Crippen molar-refractivity contribution in [2.24, 2.45) is 4.99 Å². The van der Waals surface area contributed by atoms with Crippen molar-refractivity contribution in [1.82, 2.24) is 15.5 Å². The predicted octanol–water partition coefficient (Wildman–Crippen LogP) is 2.55. The first-order valence-corrected chi connectivity index (χ1v) is 12.5. The first-order valence-electron chi connectivity index (χ1n) is 10.4. The first kappa shape index (κ1) is 22.7. The van der Waals surface area contributed by atoms with Crippen molar-refractivity contribution < 1.29 is 8.42 Å². The van der Waals surface area contributed by atoms with E-state index < -0.39 is 9.84 Å². The molecule has 1 aromatic carbocycles. The zero-order valence-electron chi connectivity index (χ0n) is 17.6. The highest BCUT2D eigenvalue weighted by molar-refractivity contribution is 7.89. The number of piperidine rings is 1. The summed E-state index contributed by atoms with van der Waals surface area (Å²) in [6.07, 6.45) is 6.46. The molecule has 1 heterocycles. The lowest BCUT2D eigenvalue weighted by atomic mass is 10.0. The number of nitrogens with zero attached hydrogens (tertiary/aromatic N) is 2. The monoisotopic (exact) mass is 408 g/mol. The lowest BCUT2D eigenvalue weighted by Gasteiger charge is -2.35. The molecule has 1 atom stereocenters. The Morgan fingerprint density at radius 3 is 2.50 bits per heavy atom. The van der Waals surface area contributed by atoms with E-state index in [9.17, 15) is 8.42 Å². The van der Waals surface area contributed by atoms with E-state index in [0.29, 0.717) is 6.54 Å². The molecule has 2 rings (SSSR count). The molecule has 1 unspecified atom stereocenters. The van der Waals surface area contributed by atoms with Crippen molar-refractivity contribution in [1.29, 1.82) is 0 Å². The van der Waals surface area contributed by atoms with Crippen LogP contribution in [-0.2, 0) is 22.1 Å². The minimum absolute atomic E-state index is 0.0794. The topological polar surface area (TPSA) is 73.8 Å². The van der Waals surface area contributed by atoms with Gasteiger partial charge in [0.1, 0.15) is 0 Å². The molecule has 6 nitrogen and oxygen atoms in total. The second kappa shape index (κ2) is 11.4. The molecule has 158 valence electrons. The lowest BCUT2D eigenvalue weighted by Crippen LogP contribution is -2.45. The highest BCUT2D eigenvalue weighted by Crippen LogP contribution is 2.18. The van der Waals surface area contributed by atoms with E-state index in [0.717, 1.165) is 42.8 Å². The van der Waals surface area contributed by atoms with Crippen molar-refractivity contribution in [3.63, 3.8) is 0 Å². The van der Waals surface area contributed by atoms with Crippen molar-refractivity contribution in [3.05, 3.63) is 35.4 Å². The van der Waals surface area contributed by atoms with E-state index in [1.165, 1.54) is 38.5 Å². The average Bonchev–Trinajstić information content (AvgIpc) is 2.66. The fourth-order valence-electron chi connectivity index (χ4n) is 3.69. The number of benzene rings is 1. The molecule has 1 aliphatic rings. The van der Waals surface area contributed by atoms with Crippen molar-refractivity contribution >= 4 is 15.8 Å². The van der Waals surface area contributed by atoms with Crippen LogP contribution in [0.2, 0.25) is 0 Å². The van der Waals surface area contributed by atoms with Gasteiger partial charge in [-0.05, 0) is 43.9 Å². The minimum atomic E-state index is -3.00. The van der Waals surface area contributed by atoms with E-state index >= 15 is 0 Å². The molecule has 0 aromatic heterocycles. The van der Waals surface area contributed by atoms with Crippen LogP contribution in [0.3, 0.4) is 0 Å². The maximum absolute atomic E-state index is 11.4. The summed E-state index contributed by atoms with van der Waals surface area (Å²) < 4.78 is 22.8. The van der Waals surface area contributed by atoms with Gasteiger partial charge in [-0.15, -0.1) is 0 Å². The Balaban J connectivity index is 1.85. The molecule has 0 spiro atoms. The fraction of sp³-hybridized carbons (Fsp3) is 0.667. The Morgan fingerprint density at radius 1 is 1.14 bits per heavy atom. The van der Waals surface area contributed by atoms with Crippen LogP contribution in [-0.4, -0.2) is 57.8 Å². The van der Waals surface area contributed by atoms with Crippen LogP contribution < -0.4 is 10.6 Å². The van der Waals surface area contributed by atoms with E-state index in [2.05, 4.69) is 34.4 Å². The Bertz CT molecular complexity index is 716. The highest BCUT2D eigenvalue weighted by Gasteiger charge is 2.19. The molecule has 0 saturated carbocycles. The number of sulfone groups is 1. The second-order valence-electron chi connectivity index (χ2n) is 7.60. The molecule has 7 heteroatoms. The lowest BCUT2D eigenvalue weighted by molar-refractivity contribution is 0.147. The van der Waals surface area contributed by atoms with Gasteiger partial charge >= 0.3 is 0 Å². The van der Waals surface area contributed by atoms with Crippen molar-refractivity contribution in [2.75, 3.05) is 32.4 Å². The van der Waals surface area contributed by atoms with Gasteiger partial charge in [0, 0.05) is 31.9 Å². The molecule has 0 bridgehead atoms. The van der Waals surface area contributed by atoms with Crippen LogP contribution in [0, 0.1) is 0 Å². The Labute approximate surface area is 170 Å². The molecular weight excluding hydrogens is 372 g/mol. The molecule has 0 amide bonds. The molecule has 1 aliphatic heterocycles. The third-order valence-electron chi connectivity index (χ3n) is 5.13. The Morgan fingerprint density at radius 2 is 1.86 bits per heavy atom. The molecule has 0 aliphatic carbocycles. The summed E-state index contributed by atoms with van der Waals surface area (Å²) in [7, 11) is -3.00. The average molecular weight is 409 g/mol. The van der Waals surface area contributed by atoms with Gasteiger partial charge in [0.15, 0.2) is 15.8 Å². The summed E-state index contributed by atoms with van der Waals surface area (Å²) in [5, 5.41) is 6.74. The van der Waals surface area contributed by atoms with Gasteiger partial charge in [-0.25, -0.2) is 13.4 Å². The van der Waals surface area contributed by atoms with Gasteiger partial charge in [-0.1, -0.05) is 37.6 Å². The fourth-order valence-corrected chi connectivity index (χ4v) is 4.49. The number of aliphatic imine (C=N–C) groups is 1. The summed E-state index contributed by atoms with van der Waals surface area (Å²) in [6.45, 7) is 8.86. The maximum atomic E-state index is 11.4. The summed E-state index contributed by atoms with van der Waals surface area (Å²) in [6, 6.07) is 8.36. The zero-order valence-corrected chi connectivity index (χ0v) is 18.4. The van der Waals surface area contributed by atoms with Gasteiger partial charge in [0.25, 0.3) is 0 Å². The van der Waals surface area contributed by atoms with Gasteiger partial charge in [-0.3, -0.25) is 4.90 Å². The Kier molecular flexibility index (Phi) is 9.25. The second-order valence-corrected chi connectivity index (χ2v) is 9.74. The van der Waals surface area contributed by atoms with Crippen LogP contribution in [0.1, 0.15) is 50.7 Å². The predicted molar refractivity (Wildman–Crippen MR) is 117 cm³/mol. The van der Waals surface area contributed by atoms with Crippen LogP contribution in [0.25, 0.3) is 0 Å². The van der Waals surface area contributed by atoms with E-state index in [4.69, 9.17) is 0 Å². The maximum Gasteiger partial charge on any atom is 0.191 e. The standard InChI is InChI=1S/C21H36N4O2S/c1-4-20-8-6-7-14-25(20)15-13-23-21(22-5-2)24-16-18-9-11-19(12-10-18)17-28(3,26)27/h9-12,20H,4-8,13-17H2,1-3H3,(H2,22,23,24). The van der Waals surface area contributed by atoms with Crippen molar-refractivity contribution in [3.8, 4) is 0 Å². The quantitative estimate of drug-likeness (QED) is 0.485. The first-order chi connectivity index (χ1) is 13.4. The van der Waals surface area contributed by atoms with Gasteiger partial charge in [-0.2, -0.15) is 0 Å². The Hall–Kier alpha value is -1.60. The zero-order chi connectivity index (χ0) is 20.4. The number of hydrogen-bond acceptors (Lipinski definition) is 4. The summed E-state index contributed by atoms with van der Waals surface area (Å²) in [4.78, 5) is 7.27. The molecule has 0 radical (unpaired) electrons. The van der Waals surface area contributed by atoms with Crippen molar-refractivity contribution in [2.45, 2.75) is 57.9 Å². The van der Waals surface area contributed by atoms with Gasteiger partial charge in [0.05, 0.1) is 12.3 Å². The summed E-state index contributed by atoms with van der Waals surface area (Å²) in [5.74, 6) is 0.906. The molecule has 1 aromatic rings. The summed E-state index contributed by atoms with van der Waals surface area (Å²) in [5.41, 5.74) is 1.88. The van der Waals surface area contributed by atoms with Crippen LogP contribution >= 0.6 is 0 Å². The van der Waals surface area contributed by atoms with Gasteiger partial charge in [0.2, 0.25) is 0 Å². The van der Waals surface area contributed by atoms with E-state index in [1.807, 2.05) is 24.3 Å². The number of guanidine groups is 1. The van der Waals surface area contributed by atoms with Gasteiger partial charge < -0.3 is 10.6 Å². The smallest absolute Gasteiger partial charge is 0.191 e. The van der Waals surface area contributed by atoms with E-state index in [1.54, 1.807) is 0 Å². The largest absolute Gasteiger partial charge is 0.357 e. The van der Waals surface area contributed by atoms with E-state index in [-0.39, 0.29) is 5.75 Å². The highest BCUT2D eigenvalue weighted by atomic mass is 32.2. The number of hydrogen-bond donors (Lipinski definition) is 2. The molecule has 28 heavy (non-hydrogen) atoms. The van der Waals surface area contributed by atoms with Crippen LogP contribution in [0.5, 0.6) is 0 Å². The summed E-state index contributed by atoms with van der Waals surface area (Å²) >= 11 is 0. The van der Waals surface area contributed by atoms with Crippen LogP contribution in [0.15, 0.2) is 29.3 Å². The number of likely N-dealkylation sites (tertiary alicyclic amines) is 1. The molecule has 1 fully saturated rings. The third kappa shape index (κ3) is 8.19. The normalized spacial score (nSPS) is 18.8. The van der Waals surface area contributed by atoms with Crippen LogP contribution in [0.4, 0.5) is 0 Å². The SMILES string of the molecule is CCNC(=NCc1ccc(CS(C)(=O)=O)cc1)NCCN1CCCCC1CC. The number of rotatable bonds is 9. The minimum Gasteiger partial charge on any atom is -0.357 e.